The first kappa shape index (κ1) is 55.0. The number of hydrogen-bond donors (Lipinski definition) is 0. The van der Waals surface area contributed by atoms with Crippen molar-refractivity contribution < 1.29 is 0 Å². The summed E-state index contributed by atoms with van der Waals surface area (Å²) in [6.07, 6.45) is 19.6. The summed E-state index contributed by atoms with van der Waals surface area (Å²) in [5.74, 6) is -0.0355. The molecular formula is C88H76N4. The monoisotopic (exact) mass is 1190 g/mol. The molecule has 0 saturated carbocycles. The van der Waals surface area contributed by atoms with Crippen LogP contribution in [0.5, 0.6) is 0 Å². The summed E-state index contributed by atoms with van der Waals surface area (Å²) in [4.78, 5) is 8.00. The van der Waals surface area contributed by atoms with E-state index in [0.29, 0.717) is 0 Å². The molecule has 4 nitrogen and oxygen atoms in total. The summed E-state index contributed by atoms with van der Waals surface area (Å²) in [5.41, 5.74) is 28.3. The second kappa shape index (κ2) is 20.8. The number of anilines is 5. The van der Waals surface area contributed by atoms with Gasteiger partial charge in [-0.05, 0) is 170 Å². The second-order valence-electron chi connectivity index (χ2n) is 28.0. The van der Waals surface area contributed by atoms with Crippen LogP contribution in [0.2, 0.25) is 0 Å². The number of benzene rings is 11. The molecule has 11 aromatic carbocycles. The van der Waals surface area contributed by atoms with Crippen LogP contribution in [0.4, 0.5) is 28.4 Å². The van der Waals surface area contributed by atoms with Gasteiger partial charge in [-0.25, -0.2) is 0 Å². The third kappa shape index (κ3) is 7.89. The average molecular weight is 1190 g/mol. The van der Waals surface area contributed by atoms with Crippen molar-refractivity contribution in [3.05, 3.63) is 310 Å². The molecule has 1 aliphatic heterocycles. The summed E-state index contributed by atoms with van der Waals surface area (Å²) in [6, 6.07) is 83.9. The highest BCUT2D eigenvalue weighted by molar-refractivity contribution is 6.23. The van der Waals surface area contributed by atoms with E-state index in [1.807, 2.05) is 0 Å². The van der Waals surface area contributed by atoms with Crippen LogP contribution in [0.25, 0.3) is 70.9 Å². The van der Waals surface area contributed by atoms with E-state index in [2.05, 4.69) is 310 Å². The Morgan fingerprint density at radius 1 is 0.478 bits per heavy atom. The van der Waals surface area contributed by atoms with Gasteiger partial charge in [0.25, 0.3) is 0 Å². The van der Waals surface area contributed by atoms with Gasteiger partial charge in [-0.3, -0.25) is 0 Å². The number of likely N-dealkylation sites (N-methyl/N-ethyl adjacent to an activating group) is 1. The zero-order chi connectivity index (χ0) is 61.7. The zero-order valence-corrected chi connectivity index (χ0v) is 53.6. The lowest BCUT2D eigenvalue weighted by atomic mass is 9.77. The predicted octanol–water partition coefficient (Wildman–Crippen LogP) is 22.4. The number of para-hydroxylation sites is 2. The topological polar surface area (TPSA) is 14.7 Å². The van der Waals surface area contributed by atoms with Gasteiger partial charge in [0, 0.05) is 92.1 Å². The highest BCUT2D eigenvalue weighted by Gasteiger charge is 2.46. The van der Waals surface area contributed by atoms with E-state index >= 15 is 0 Å². The molecular weight excluding hydrogens is 1110 g/mol. The van der Waals surface area contributed by atoms with Crippen LogP contribution in [0.1, 0.15) is 122 Å². The summed E-state index contributed by atoms with van der Waals surface area (Å²) < 4.78 is 2.70. The fourth-order valence-corrected chi connectivity index (χ4v) is 18.5. The molecule has 0 spiro atoms. The first-order chi connectivity index (χ1) is 45.1. The number of hydrogen-bond acceptors (Lipinski definition) is 3. The third-order valence-electron chi connectivity index (χ3n) is 22.6. The maximum atomic E-state index is 2.70. The molecule has 92 heavy (non-hydrogen) atoms. The number of rotatable bonds is 9. The van der Waals surface area contributed by atoms with Crippen LogP contribution < -0.4 is 14.7 Å². The molecule has 6 aliphatic rings. The molecule has 18 rings (SSSR count). The van der Waals surface area contributed by atoms with Gasteiger partial charge in [0.2, 0.25) is 0 Å². The molecule has 3 atom stereocenters. The maximum absolute atomic E-state index is 2.70. The third-order valence-corrected chi connectivity index (χ3v) is 22.6. The second-order valence-corrected chi connectivity index (χ2v) is 28.0. The van der Waals surface area contributed by atoms with Crippen molar-refractivity contribution in [2.24, 2.45) is 7.05 Å². The van der Waals surface area contributed by atoms with Crippen LogP contribution in [-0.2, 0) is 30.7 Å². The molecule has 4 heteroatoms. The Bertz CT molecular complexity index is 5100. The van der Waals surface area contributed by atoms with Crippen molar-refractivity contribution in [2.45, 2.75) is 101 Å². The van der Waals surface area contributed by atoms with Crippen LogP contribution in [-0.4, -0.2) is 17.7 Å². The molecule has 0 N–H and O–H groups in total. The standard InChI is InChI=1S/C88H76N4/c1-87(2)73-45-25-21-33-59(73)61-51-49-57(53-75(61)87)91(55-29-9-7-10-30-55)83-67-39-17-13-35-63(67)79(64-36-14-18-40-68(64)83)81-71-43-23-27-47-77(71)89(5)85(81)86-82(72-44-24-28-48-78(72)90(86)6)80-65-37-15-19-41-69(65)84(70-42-20-16-38-66(70)80)92(56-31-11-8-12-32-56)58-50-52-62-60-34-22-26-46-74(60)88(3,4)76(62)54-58/h7,9-11,13-23,25-27,29-43,45-47,49-52,54,57,81,85H,8,12,24,28,44,48,53H2,1-6H3. The Morgan fingerprint density at radius 2 is 1.05 bits per heavy atom. The molecule has 0 bridgehead atoms. The fraction of sp³-hybridized carbons (Fsp3) is 0.205. The number of nitrogens with zero attached hydrogens (tertiary/aromatic N) is 4. The lowest BCUT2D eigenvalue weighted by Crippen LogP contribution is -2.34. The van der Waals surface area contributed by atoms with Crippen LogP contribution in [0.3, 0.4) is 0 Å². The quantitative estimate of drug-likeness (QED) is 0.134. The minimum Gasteiger partial charge on any atom is -0.365 e. The highest BCUT2D eigenvalue weighted by Crippen LogP contribution is 2.61. The summed E-state index contributed by atoms with van der Waals surface area (Å²) >= 11 is 0. The predicted molar refractivity (Wildman–Crippen MR) is 389 cm³/mol. The van der Waals surface area contributed by atoms with Gasteiger partial charge in [0.05, 0.1) is 23.5 Å². The zero-order valence-electron chi connectivity index (χ0n) is 53.6. The minimum atomic E-state index is -0.147. The molecule has 448 valence electrons. The summed E-state index contributed by atoms with van der Waals surface area (Å²) in [7, 11) is 4.82. The molecule has 0 fully saturated rings. The lowest BCUT2D eigenvalue weighted by Gasteiger charge is -2.39. The van der Waals surface area contributed by atoms with Gasteiger partial charge in [0.15, 0.2) is 0 Å². The number of fused-ring (bicyclic) bond motifs is 11. The Hall–Kier alpha value is -9.90. The van der Waals surface area contributed by atoms with E-state index in [1.54, 1.807) is 0 Å². The molecule has 0 saturated heterocycles. The van der Waals surface area contributed by atoms with E-state index in [-0.39, 0.29) is 28.8 Å². The van der Waals surface area contributed by atoms with Crippen molar-refractivity contribution in [2.75, 3.05) is 21.7 Å². The van der Waals surface area contributed by atoms with Gasteiger partial charge >= 0.3 is 0 Å². The van der Waals surface area contributed by atoms with Crippen molar-refractivity contribution in [1.29, 1.82) is 0 Å². The molecule has 1 aromatic heterocycles. The first-order valence-electron chi connectivity index (χ1n) is 33.7. The highest BCUT2D eigenvalue weighted by atomic mass is 15.2. The Kier molecular flexibility index (Phi) is 12.4. The normalized spacial score (nSPS) is 18.9. The summed E-state index contributed by atoms with van der Waals surface area (Å²) in [6.45, 7) is 9.70. The number of allylic oxidation sites excluding steroid dienone is 5. The van der Waals surface area contributed by atoms with Crippen molar-refractivity contribution in [3.8, 4) is 22.3 Å². The van der Waals surface area contributed by atoms with Gasteiger partial charge in [-0.1, -0.05) is 240 Å². The molecule has 0 radical (unpaired) electrons. The number of aromatic nitrogens is 1. The van der Waals surface area contributed by atoms with Crippen molar-refractivity contribution in [1.82, 2.24) is 4.57 Å². The Morgan fingerprint density at radius 3 is 1.74 bits per heavy atom. The lowest BCUT2D eigenvalue weighted by molar-refractivity contribution is 0.582. The van der Waals surface area contributed by atoms with Crippen LogP contribution >= 0.6 is 0 Å². The Labute approximate surface area is 541 Å². The van der Waals surface area contributed by atoms with Gasteiger partial charge < -0.3 is 19.3 Å². The summed E-state index contributed by atoms with van der Waals surface area (Å²) in [5, 5.41) is 10.3. The largest absolute Gasteiger partial charge is 0.365 e. The van der Waals surface area contributed by atoms with E-state index in [0.717, 1.165) is 32.1 Å². The van der Waals surface area contributed by atoms with Gasteiger partial charge in [-0.15, -0.1) is 0 Å². The smallest absolute Gasteiger partial charge is 0.0807 e. The minimum absolute atomic E-state index is 0.0355. The molecule has 2 heterocycles. The van der Waals surface area contributed by atoms with Gasteiger partial charge in [0.1, 0.15) is 0 Å². The average Bonchev–Trinajstić information content (AvgIpc) is 1.49. The van der Waals surface area contributed by atoms with E-state index in [4.69, 9.17) is 0 Å². The SMILES string of the molecule is CN1c2ccccc2C(c2c3ccccc3c(N(c3ccccc3)C3C=CC4=C(C3)C(C)(C)c3ccccc34)c3ccccc23)C1c1c(-c2c3ccccc3c(N(C3=CCCC=C3)c3ccc4c(c3)C(C)(C)c3ccccc3-4)c3ccccc23)c2c(n1C)CCCC2. The van der Waals surface area contributed by atoms with Crippen molar-refractivity contribution >= 4 is 77.1 Å². The van der Waals surface area contributed by atoms with Crippen molar-refractivity contribution in [3.63, 3.8) is 0 Å². The van der Waals surface area contributed by atoms with Gasteiger partial charge in [-0.2, -0.15) is 0 Å². The van der Waals surface area contributed by atoms with Crippen LogP contribution in [0.15, 0.2) is 260 Å². The molecule has 5 aliphatic carbocycles. The van der Waals surface area contributed by atoms with Crippen LogP contribution in [0, 0.1) is 0 Å². The molecule has 12 aromatic rings. The molecule has 0 amide bonds. The van der Waals surface area contributed by atoms with E-state index < -0.39 is 0 Å². The van der Waals surface area contributed by atoms with E-state index in [1.165, 1.54) is 174 Å². The first-order valence-corrected chi connectivity index (χ1v) is 33.7. The fourth-order valence-electron chi connectivity index (χ4n) is 18.5. The maximum Gasteiger partial charge on any atom is 0.0807 e. The Balaban J connectivity index is 0.867. The van der Waals surface area contributed by atoms with E-state index in [9.17, 15) is 0 Å². The molecule has 3 unspecified atom stereocenters.